The number of carbonyl (C=O) groups excluding carboxylic acids is 1. The van der Waals surface area contributed by atoms with Crippen LogP contribution in [-0.4, -0.2) is 72.4 Å². The van der Waals surface area contributed by atoms with E-state index in [0.29, 0.717) is 12.2 Å². The summed E-state index contributed by atoms with van der Waals surface area (Å²) in [5.74, 6) is -1.44. The molecule has 1 aliphatic rings. The number of morpholine rings is 1. The summed E-state index contributed by atoms with van der Waals surface area (Å²) in [6, 6.07) is 5.18. The third-order valence-electron chi connectivity index (χ3n) is 3.96. The first-order valence-corrected chi connectivity index (χ1v) is 8.40. The molecule has 2 rings (SSSR count). The number of benzene rings is 1. The van der Waals surface area contributed by atoms with Crippen molar-refractivity contribution in [2.45, 2.75) is 18.9 Å². The van der Waals surface area contributed by atoms with Gasteiger partial charge in [-0.05, 0) is 31.6 Å². The van der Waals surface area contributed by atoms with Crippen LogP contribution in [-0.2, 0) is 14.3 Å². The van der Waals surface area contributed by atoms with Gasteiger partial charge in [-0.15, -0.1) is 0 Å². The monoisotopic (exact) mass is 351 g/mol. The van der Waals surface area contributed by atoms with Crippen molar-refractivity contribution in [3.63, 3.8) is 0 Å². The van der Waals surface area contributed by atoms with E-state index in [1.807, 2.05) is 0 Å². The second-order valence-electron chi connectivity index (χ2n) is 5.96. The van der Waals surface area contributed by atoms with E-state index in [4.69, 9.17) is 4.74 Å². The highest BCUT2D eigenvalue weighted by molar-refractivity contribution is 5.94. The Morgan fingerprint density at radius 3 is 2.72 bits per heavy atom. The minimum Gasteiger partial charge on any atom is -0.508 e. The Morgan fingerprint density at radius 1 is 1.28 bits per heavy atom. The molecule has 1 aliphatic heterocycles. The highest BCUT2D eigenvalue weighted by Gasteiger charge is 2.21. The molecule has 1 fully saturated rings. The Balaban J connectivity index is 1.71. The summed E-state index contributed by atoms with van der Waals surface area (Å²) in [6.07, 6.45) is 0.625. The second-order valence-corrected chi connectivity index (χ2v) is 5.96. The van der Waals surface area contributed by atoms with E-state index >= 15 is 0 Å². The molecule has 1 amide bonds. The maximum atomic E-state index is 12.0. The van der Waals surface area contributed by atoms with Crippen LogP contribution in [0, 0.1) is 0 Å². The molecule has 1 heterocycles. The zero-order valence-corrected chi connectivity index (χ0v) is 14.1. The number of carboxylic acid groups (broad SMARTS) is 1. The molecule has 4 N–H and O–H groups in total. The second kappa shape index (κ2) is 9.97. The molecule has 0 aliphatic carbocycles. The number of hydrogen-bond donors (Lipinski definition) is 4. The zero-order valence-electron chi connectivity index (χ0n) is 14.1. The van der Waals surface area contributed by atoms with Gasteiger partial charge in [-0.25, -0.2) is 0 Å². The van der Waals surface area contributed by atoms with Gasteiger partial charge in [-0.3, -0.25) is 14.5 Å². The van der Waals surface area contributed by atoms with Crippen LogP contribution in [0.1, 0.15) is 12.8 Å². The molecule has 1 aromatic carbocycles. The fraction of sp³-hybridized carbons (Fsp3) is 0.529. The third-order valence-corrected chi connectivity index (χ3v) is 3.96. The number of anilines is 1. The summed E-state index contributed by atoms with van der Waals surface area (Å²) in [5, 5.41) is 24.2. The lowest BCUT2D eigenvalue weighted by molar-refractivity contribution is -0.141. The van der Waals surface area contributed by atoms with Crippen molar-refractivity contribution in [3.05, 3.63) is 24.3 Å². The Labute approximate surface area is 146 Å². The Morgan fingerprint density at radius 2 is 2.04 bits per heavy atom. The number of phenolic OH excluding ortho intramolecular Hbond substituents is 1. The van der Waals surface area contributed by atoms with Crippen LogP contribution < -0.4 is 10.6 Å². The first kappa shape index (κ1) is 19.2. The molecule has 1 atom stereocenters. The third kappa shape index (κ3) is 7.08. The Hall–Kier alpha value is -2.16. The highest BCUT2D eigenvalue weighted by atomic mass is 16.5. The van der Waals surface area contributed by atoms with Crippen molar-refractivity contribution in [3.8, 4) is 5.75 Å². The molecule has 0 saturated carbocycles. The van der Waals surface area contributed by atoms with Gasteiger partial charge in [0.25, 0.3) is 0 Å². The molecule has 8 nitrogen and oxygen atoms in total. The van der Waals surface area contributed by atoms with Gasteiger partial charge < -0.3 is 25.6 Å². The van der Waals surface area contributed by atoms with Crippen LogP contribution in [0.4, 0.5) is 5.69 Å². The van der Waals surface area contributed by atoms with Crippen molar-refractivity contribution in [1.82, 2.24) is 10.2 Å². The minimum absolute atomic E-state index is 0.0359. The standard InChI is InChI=1S/C17H25N3O5/c21-14-4-1-3-13(11-14)19-16(22)12-15(17(23)24)18-5-2-6-20-7-9-25-10-8-20/h1,3-4,11,15,18,21H,2,5-10,12H2,(H,19,22)(H,23,24). The normalized spacial score (nSPS) is 16.3. The summed E-state index contributed by atoms with van der Waals surface area (Å²) in [6.45, 7) is 4.66. The minimum atomic E-state index is -1.06. The van der Waals surface area contributed by atoms with Crippen LogP contribution in [0.2, 0.25) is 0 Å². The fourth-order valence-electron chi connectivity index (χ4n) is 2.63. The first-order chi connectivity index (χ1) is 12.0. The maximum Gasteiger partial charge on any atom is 0.321 e. The number of phenols is 1. The largest absolute Gasteiger partial charge is 0.508 e. The van der Waals surface area contributed by atoms with Gasteiger partial charge in [0.1, 0.15) is 11.8 Å². The van der Waals surface area contributed by atoms with E-state index < -0.39 is 17.9 Å². The van der Waals surface area contributed by atoms with Crippen molar-refractivity contribution in [1.29, 1.82) is 0 Å². The number of amides is 1. The van der Waals surface area contributed by atoms with Crippen LogP contribution in [0.25, 0.3) is 0 Å². The molecular formula is C17H25N3O5. The van der Waals surface area contributed by atoms with Crippen LogP contribution >= 0.6 is 0 Å². The Kier molecular flexibility index (Phi) is 7.65. The van der Waals surface area contributed by atoms with Gasteiger partial charge in [0.15, 0.2) is 0 Å². The lowest BCUT2D eigenvalue weighted by atomic mass is 10.2. The number of aliphatic carboxylic acids is 1. The first-order valence-electron chi connectivity index (χ1n) is 8.40. The lowest BCUT2D eigenvalue weighted by Gasteiger charge is -2.26. The van der Waals surface area contributed by atoms with E-state index in [-0.39, 0.29) is 12.2 Å². The van der Waals surface area contributed by atoms with Crippen molar-refractivity contribution in [2.24, 2.45) is 0 Å². The van der Waals surface area contributed by atoms with Gasteiger partial charge in [0, 0.05) is 24.8 Å². The molecule has 1 unspecified atom stereocenters. The van der Waals surface area contributed by atoms with Crippen LogP contribution in [0.15, 0.2) is 24.3 Å². The molecule has 138 valence electrons. The summed E-state index contributed by atoms with van der Waals surface area (Å²) >= 11 is 0. The molecule has 1 saturated heterocycles. The number of carboxylic acids is 1. The van der Waals surface area contributed by atoms with E-state index in [1.165, 1.54) is 12.1 Å². The molecule has 0 radical (unpaired) electrons. The quantitative estimate of drug-likeness (QED) is 0.479. The average molecular weight is 351 g/mol. The zero-order chi connectivity index (χ0) is 18.1. The predicted molar refractivity (Wildman–Crippen MR) is 92.7 cm³/mol. The fourth-order valence-corrected chi connectivity index (χ4v) is 2.63. The number of aromatic hydroxyl groups is 1. The van der Waals surface area contributed by atoms with E-state index in [9.17, 15) is 19.8 Å². The highest BCUT2D eigenvalue weighted by Crippen LogP contribution is 2.15. The van der Waals surface area contributed by atoms with Gasteiger partial charge in [-0.1, -0.05) is 6.07 Å². The van der Waals surface area contributed by atoms with Crippen LogP contribution in [0.5, 0.6) is 5.75 Å². The summed E-state index contributed by atoms with van der Waals surface area (Å²) in [5.41, 5.74) is 0.432. The topological polar surface area (TPSA) is 111 Å². The van der Waals surface area contributed by atoms with Crippen LogP contribution in [0.3, 0.4) is 0 Å². The number of nitrogens with one attached hydrogen (secondary N) is 2. The molecule has 1 aromatic rings. The van der Waals surface area contributed by atoms with E-state index in [0.717, 1.165) is 39.3 Å². The molecule has 0 spiro atoms. The molecular weight excluding hydrogens is 326 g/mol. The molecule has 25 heavy (non-hydrogen) atoms. The Bertz CT molecular complexity index is 575. The summed E-state index contributed by atoms with van der Waals surface area (Å²) in [4.78, 5) is 25.6. The number of hydrogen-bond acceptors (Lipinski definition) is 6. The summed E-state index contributed by atoms with van der Waals surface area (Å²) in [7, 11) is 0. The van der Waals surface area contributed by atoms with Gasteiger partial charge in [0.2, 0.25) is 5.91 Å². The number of nitrogens with zero attached hydrogens (tertiary/aromatic N) is 1. The van der Waals surface area contributed by atoms with Gasteiger partial charge in [0.05, 0.1) is 19.6 Å². The number of rotatable bonds is 9. The SMILES string of the molecule is O=C(CC(NCCCN1CCOCC1)C(=O)O)Nc1cccc(O)c1. The van der Waals surface area contributed by atoms with Crippen molar-refractivity contribution >= 4 is 17.6 Å². The van der Waals surface area contributed by atoms with Gasteiger partial charge >= 0.3 is 5.97 Å². The van der Waals surface area contributed by atoms with E-state index in [2.05, 4.69) is 15.5 Å². The summed E-state index contributed by atoms with van der Waals surface area (Å²) < 4.78 is 5.28. The number of carbonyl (C=O) groups is 2. The average Bonchev–Trinajstić information content (AvgIpc) is 2.58. The maximum absolute atomic E-state index is 12.0. The molecule has 8 heteroatoms. The van der Waals surface area contributed by atoms with Gasteiger partial charge in [-0.2, -0.15) is 0 Å². The number of ether oxygens (including phenoxy) is 1. The predicted octanol–water partition coefficient (Wildman–Crippen LogP) is 0.486. The lowest BCUT2D eigenvalue weighted by Crippen LogP contribution is -2.42. The molecule has 0 bridgehead atoms. The van der Waals surface area contributed by atoms with Crippen molar-refractivity contribution in [2.75, 3.05) is 44.7 Å². The van der Waals surface area contributed by atoms with E-state index in [1.54, 1.807) is 12.1 Å². The van der Waals surface area contributed by atoms with Crippen molar-refractivity contribution < 1.29 is 24.5 Å². The molecule has 0 aromatic heterocycles. The smallest absolute Gasteiger partial charge is 0.321 e.